The maximum atomic E-state index is 3.80. The van der Waals surface area contributed by atoms with Gasteiger partial charge in [-0.2, -0.15) is 0 Å². The molecule has 1 aromatic carbocycles. The molecule has 2 heteroatoms. The molecule has 0 unspecified atom stereocenters. The third-order valence-corrected chi connectivity index (χ3v) is 4.34. The molecule has 1 saturated carbocycles. The second-order valence-electron chi connectivity index (χ2n) is 5.64. The molecule has 92 valence electrons. The average molecular weight is 230 g/mol. The van der Waals surface area contributed by atoms with Crippen molar-refractivity contribution >= 4 is 0 Å². The van der Waals surface area contributed by atoms with Gasteiger partial charge in [-0.05, 0) is 24.8 Å². The molecule has 1 aromatic rings. The second kappa shape index (κ2) is 4.79. The van der Waals surface area contributed by atoms with Crippen molar-refractivity contribution < 1.29 is 0 Å². The molecule has 1 spiro atoms. The van der Waals surface area contributed by atoms with Gasteiger partial charge in [-0.1, -0.05) is 43.2 Å². The van der Waals surface area contributed by atoms with Gasteiger partial charge in [-0.3, -0.25) is 0 Å². The largest absolute Gasteiger partial charge is 0.311 e. The molecule has 2 aliphatic rings. The summed E-state index contributed by atoms with van der Waals surface area (Å²) in [4.78, 5) is 0. The van der Waals surface area contributed by atoms with E-state index < -0.39 is 0 Å². The molecule has 0 amide bonds. The fourth-order valence-corrected chi connectivity index (χ4v) is 3.26. The van der Waals surface area contributed by atoms with Crippen LogP contribution < -0.4 is 10.6 Å². The van der Waals surface area contributed by atoms with Gasteiger partial charge in [-0.15, -0.1) is 0 Å². The molecular weight excluding hydrogens is 208 g/mol. The summed E-state index contributed by atoms with van der Waals surface area (Å²) in [5.74, 6) is 0. The van der Waals surface area contributed by atoms with Crippen molar-refractivity contribution in [2.75, 3.05) is 13.1 Å². The molecule has 1 atom stereocenters. The number of rotatable bonds is 2. The van der Waals surface area contributed by atoms with Crippen LogP contribution in [0, 0.1) is 0 Å². The van der Waals surface area contributed by atoms with Crippen LogP contribution in [0.4, 0.5) is 0 Å². The predicted molar refractivity (Wildman–Crippen MR) is 71.1 cm³/mol. The van der Waals surface area contributed by atoms with Crippen LogP contribution >= 0.6 is 0 Å². The summed E-state index contributed by atoms with van der Waals surface area (Å²) < 4.78 is 0. The van der Waals surface area contributed by atoms with E-state index in [4.69, 9.17) is 0 Å². The Morgan fingerprint density at radius 3 is 2.53 bits per heavy atom. The number of piperazine rings is 1. The summed E-state index contributed by atoms with van der Waals surface area (Å²) in [6.45, 7) is 2.28. The quantitative estimate of drug-likeness (QED) is 0.813. The van der Waals surface area contributed by atoms with Crippen molar-refractivity contribution in [3.63, 3.8) is 0 Å². The lowest BCUT2D eigenvalue weighted by molar-refractivity contribution is 0.237. The molecule has 1 saturated heterocycles. The van der Waals surface area contributed by atoms with Crippen LogP contribution in [0.15, 0.2) is 30.3 Å². The zero-order valence-corrected chi connectivity index (χ0v) is 10.4. The topological polar surface area (TPSA) is 24.1 Å². The fraction of sp³-hybridized carbons (Fsp3) is 0.600. The van der Waals surface area contributed by atoms with Gasteiger partial charge in [0.15, 0.2) is 0 Å². The van der Waals surface area contributed by atoms with Crippen LogP contribution in [-0.2, 0) is 6.42 Å². The number of nitrogens with one attached hydrogen (secondary N) is 2. The molecule has 1 aliphatic heterocycles. The van der Waals surface area contributed by atoms with Crippen LogP contribution in [0.25, 0.3) is 0 Å². The molecule has 17 heavy (non-hydrogen) atoms. The van der Waals surface area contributed by atoms with E-state index in [2.05, 4.69) is 41.0 Å². The maximum Gasteiger partial charge on any atom is 0.0307 e. The summed E-state index contributed by atoms with van der Waals surface area (Å²) in [6.07, 6.45) is 6.66. The van der Waals surface area contributed by atoms with Crippen LogP contribution in [0.2, 0.25) is 0 Å². The van der Waals surface area contributed by atoms with Crippen molar-refractivity contribution in [1.82, 2.24) is 10.6 Å². The first-order valence-corrected chi connectivity index (χ1v) is 6.89. The Bertz CT molecular complexity index is 344. The van der Waals surface area contributed by atoms with Gasteiger partial charge in [0.05, 0.1) is 0 Å². The minimum Gasteiger partial charge on any atom is -0.311 e. The van der Waals surface area contributed by atoms with E-state index >= 15 is 0 Å². The Balaban J connectivity index is 1.55. The van der Waals surface area contributed by atoms with Gasteiger partial charge in [0.25, 0.3) is 0 Å². The lowest BCUT2D eigenvalue weighted by Crippen LogP contribution is -2.62. The standard InChI is InChI=1S/C15H22N2/c1-2-6-13(7-3-1)10-14-11-17-15(12-16-14)8-4-5-9-15/h1-3,6-7,14,16-17H,4-5,8-12H2/t14-/m0/s1. The van der Waals surface area contributed by atoms with Crippen molar-refractivity contribution in [2.45, 2.75) is 43.7 Å². The van der Waals surface area contributed by atoms with E-state index in [0.29, 0.717) is 11.6 Å². The molecule has 0 bridgehead atoms. The molecule has 3 rings (SSSR count). The third kappa shape index (κ3) is 2.53. The van der Waals surface area contributed by atoms with E-state index in [1.54, 1.807) is 0 Å². The van der Waals surface area contributed by atoms with Crippen LogP contribution in [-0.4, -0.2) is 24.7 Å². The lowest BCUT2D eigenvalue weighted by atomic mass is 9.92. The molecule has 1 aliphatic carbocycles. The maximum absolute atomic E-state index is 3.80. The Morgan fingerprint density at radius 1 is 1.12 bits per heavy atom. The zero-order valence-electron chi connectivity index (χ0n) is 10.4. The predicted octanol–water partition coefficient (Wildman–Crippen LogP) is 2.10. The molecule has 2 N–H and O–H groups in total. The monoisotopic (exact) mass is 230 g/mol. The summed E-state index contributed by atoms with van der Waals surface area (Å²) in [6, 6.07) is 11.4. The Labute approximate surface area is 104 Å². The van der Waals surface area contributed by atoms with Crippen molar-refractivity contribution in [1.29, 1.82) is 0 Å². The molecule has 2 fully saturated rings. The Morgan fingerprint density at radius 2 is 1.88 bits per heavy atom. The van der Waals surface area contributed by atoms with E-state index in [1.807, 2.05) is 0 Å². The smallest absolute Gasteiger partial charge is 0.0307 e. The van der Waals surface area contributed by atoms with Gasteiger partial charge < -0.3 is 10.6 Å². The van der Waals surface area contributed by atoms with Crippen molar-refractivity contribution in [3.8, 4) is 0 Å². The Hall–Kier alpha value is -0.860. The van der Waals surface area contributed by atoms with Gasteiger partial charge in [0, 0.05) is 24.7 Å². The van der Waals surface area contributed by atoms with Gasteiger partial charge in [0.2, 0.25) is 0 Å². The van der Waals surface area contributed by atoms with E-state index in [9.17, 15) is 0 Å². The highest BCUT2D eigenvalue weighted by atomic mass is 15.1. The first kappa shape index (κ1) is 11.2. The molecule has 0 radical (unpaired) electrons. The number of benzene rings is 1. The van der Waals surface area contributed by atoms with Gasteiger partial charge in [0.1, 0.15) is 0 Å². The normalized spacial score (nSPS) is 27.4. The van der Waals surface area contributed by atoms with Crippen LogP contribution in [0.1, 0.15) is 31.2 Å². The Kier molecular flexibility index (Phi) is 3.17. The molecule has 0 aromatic heterocycles. The number of hydrogen-bond donors (Lipinski definition) is 2. The summed E-state index contributed by atoms with van der Waals surface area (Å²) >= 11 is 0. The lowest BCUT2D eigenvalue weighted by Gasteiger charge is -2.39. The summed E-state index contributed by atoms with van der Waals surface area (Å²) in [5.41, 5.74) is 1.88. The first-order chi connectivity index (χ1) is 8.36. The van der Waals surface area contributed by atoms with Gasteiger partial charge >= 0.3 is 0 Å². The van der Waals surface area contributed by atoms with Crippen molar-refractivity contribution in [2.24, 2.45) is 0 Å². The minimum absolute atomic E-state index is 0.438. The molecule has 2 nitrogen and oxygen atoms in total. The van der Waals surface area contributed by atoms with E-state index in [0.717, 1.165) is 19.5 Å². The third-order valence-electron chi connectivity index (χ3n) is 4.34. The zero-order chi connectivity index (χ0) is 11.6. The number of hydrogen-bond acceptors (Lipinski definition) is 2. The summed E-state index contributed by atoms with van der Waals surface area (Å²) in [5, 5.41) is 7.54. The van der Waals surface area contributed by atoms with Crippen LogP contribution in [0.5, 0.6) is 0 Å². The SMILES string of the molecule is c1ccc(C[C@H]2CNC3(CCCC3)CN2)cc1. The average Bonchev–Trinajstić information content (AvgIpc) is 2.83. The van der Waals surface area contributed by atoms with Crippen molar-refractivity contribution in [3.05, 3.63) is 35.9 Å². The first-order valence-electron chi connectivity index (χ1n) is 6.89. The fourth-order valence-electron chi connectivity index (χ4n) is 3.26. The highest BCUT2D eigenvalue weighted by molar-refractivity contribution is 5.16. The highest BCUT2D eigenvalue weighted by Gasteiger charge is 2.36. The van der Waals surface area contributed by atoms with Crippen LogP contribution in [0.3, 0.4) is 0 Å². The van der Waals surface area contributed by atoms with Gasteiger partial charge in [-0.25, -0.2) is 0 Å². The van der Waals surface area contributed by atoms with E-state index in [-0.39, 0.29) is 0 Å². The molecule has 1 heterocycles. The summed E-state index contributed by atoms with van der Waals surface area (Å²) in [7, 11) is 0. The minimum atomic E-state index is 0.438. The highest BCUT2D eigenvalue weighted by Crippen LogP contribution is 2.30. The molecular formula is C15H22N2. The van der Waals surface area contributed by atoms with E-state index in [1.165, 1.54) is 31.2 Å². The second-order valence-corrected chi connectivity index (χ2v) is 5.64.